The van der Waals surface area contributed by atoms with E-state index in [2.05, 4.69) is 57.4 Å². The molecule has 0 radical (unpaired) electrons. The summed E-state index contributed by atoms with van der Waals surface area (Å²) in [5.74, 6) is 0.509. The molecule has 0 saturated carbocycles. The maximum atomic E-state index is 12.5. The van der Waals surface area contributed by atoms with Gasteiger partial charge in [-0.1, -0.05) is 107 Å². The first-order valence-corrected chi connectivity index (χ1v) is 14.6. The van der Waals surface area contributed by atoms with Crippen LogP contribution in [0.15, 0.2) is 54.6 Å². The number of quaternary nitrogens is 1. The minimum Gasteiger partial charge on any atom is -0.490 e. The third kappa shape index (κ3) is 14.3. The third-order valence-corrected chi connectivity index (χ3v) is 6.96. The highest BCUT2D eigenvalue weighted by Crippen LogP contribution is 2.17. The van der Waals surface area contributed by atoms with Crippen molar-refractivity contribution in [3.8, 4) is 5.75 Å². The number of carbonyl (C=O) groups excluding carboxylic acids is 1. The van der Waals surface area contributed by atoms with Crippen LogP contribution in [0.5, 0.6) is 5.75 Å². The van der Waals surface area contributed by atoms with Crippen LogP contribution in [-0.4, -0.2) is 44.3 Å². The van der Waals surface area contributed by atoms with E-state index in [1.165, 1.54) is 75.3 Å². The Morgan fingerprint density at radius 1 is 0.757 bits per heavy atom. The van der Waals surface area contributed by atoms with Gasteiger partial charge >= 0.3 is 5.97 Å². The van der Waals surface area contributed by atoms with Gasteiger partial charge in [-0.05, 0) is 37.5 Å². The van der Waals surface area contributed by atoms with Crippen molar-refractivity contribution in [3.05, 3.63) is 65.7 Å². The lowest BCUT2D eigenvalue weighted by atomic mass is 10.0. The van der Waals surface area contributed by atoms with Crippen molar-refractivity contribution in [2.75, 3.05) is 33.9 Å². The molecule has 0 aliphatic heterocycles. The number of carbonyl (C=O) groups is 1. The normalized spacial score (nSPS) is 12.3. The Labute approximate surface area is 227 Å². The summed E-state index contributed by atoms with van der Waals surface area (Å²) in [7, 11) is 4.31. The van der Waals surface area contributed by atoms with Crippen molar-refractivity contribution < 1.29 is 18.8 Å². The molecule has 1 atom stereocenters. The van der Waals surface area contributed by atoms with Gasteiger partial charge < -0.3 is 14.0 Å². The first-order chi connectivity index (χ1) is 17.9. The first kappa shape index (κ1) is 30.9. The van der Waals surface area contributed by atoms with Gasteiger partial charge in [-0.2, -0.15) is 0 Å². The number of hydrogen-bond acceptors (Lipinski definition) is 3. The van der Waals surface area contributed by atoms with E-state index in [0.29, 0.717) is 6.61 Å². The van der Waals surface area contributed by atoms with Gasteiger partial charge in [0.2, 0.25) is 0 Å². The molecule has 0 bridgehead atoms. The van der Waals surface area contributed by atoms with Crippen LogP contribution in [0, 0.1) is 5.92 Å². The Kier molecular flexibility index (Phi) is 15.0. The quantitative estimate of drug-likeness (QED) is 0.103. The first-order valence-electron chi connectivity index (χ1n) is 14.6. The molecule has 4 heteroatoms. The van der Waals surface area contributed by atoms with E-state index in [1.54, 1.807) is 0 Å². The van der Waals surface area contributed by atoms with Crippen molar-refractivity contribution >= 4 is 5.97 Å². The van der Waals surface area contributed by atoms with Crippen molar-refractivity contribution in [3.63, 3.8) is 0 Å². The number of benzene rings is 2. The lowest BCUT2D eigenvalue weighted by molar-refractivity contribution is -0.905. The van der Waals surface area contributed by atoms with Crippen LogP contribution in [0.2, 0.25) is 0 Å². The number of unbranched alkanes of at least 4 members (excludes halogenated alkanes) is 9. The molecule has 0 aliphatic rings. The molecule has 4 nitrogen and oxygen atoms in total. The van der Waals surface area contributed by atoms with Gasteiger partial charge in [0.25, 0.3) is 0 Å². The largest absolute Gasteiger partial charge is 0.490 e. The van der Waals surface area contributed by atoms with E-state index in [-0.39, 0.29) is 18.5 Å². The zero-order valence-electron chi connectivity index (χ0n) is 24.1. The van der Waals surface area contributed by atoms with Crippen LogP contribution in [0.1, 0.15) is 89.2 Å². The van der Waals surface area contributed by atoms with Crippen molar-refractivity contribution in [1.29, 1.82) is 0 Å². The smallest absolute Gasteiger partial charge is 0.314 e. The molecule has 2 aromatic carbocycles. The average Bonchev–Trinajstić information content (AvgIpc) is 2.88. The summed E-state index contributed by atoms with van der Waals surface area (Å²) >= 11 is 0. The lowest BCUT2D eigenvalue weighted by Crippen LogP contribution is -2.44. The second kappa shape index (κ2) is 18.0. The molecule has 206 valence electrons. The Hall–Kier alpha value is -2.33. The predicted molar refractivity (Wildman–Crippen MR) is 155 cm³/mol. The molecule has 0 fully saturated rings. The molecule has 2 rings (SSSR count). The summed E-state index contributed by atoms with van der Waals surface area (Å²) < 4.78 is 12.0. The van der Waals surface area contributed by atoms with Gasteiger partial charge in [0.15, 0.2) is 0 Å². The Balaban J connectivity index is 1.54. The molecule has 0 amide bonds. The Morgan fingerprint density at radius 2 is 1.35 bits per heavy atom. The van der Waals surface area contributed by atoms with Crippen molar-refractivity contribution in [2.45, 2.75) is 91.0 Å². The van der Waals surface area contributed by atoms with E-state index in [9.17, 15) is 4.79 Å². The van der Waals surface area contributed by atoms with Gasteiger partial charge in [-0.15, -0.1) is 0 Å². The molecule has 0 saturated heterocycles. The van der Waals surface area contributed by atoms with Crippen LogP contribution in [-0.2, 0) is 22.5 Å². The van der Waals surface area contributed by atoms with E-state index in [4.69, 9.17) is 9.47 Å². The highest BCUT2D eigenvalue weighted by Gasteiger charge is 2.25. The zero-order valence-corrected chi connectivity index (χ0v) is 24.1. The van der Waals surface area contributed by atoms with Gasteiger partial charge in [-0.25, -0.2) is 0 Å². The number of nitrogens with zero attached hydrogens (tertiary/aromatic N) is 1. The Bertz CT molecular complexity index is 848. The van der Waals surface area contributed by atoms with Crippen molar-refractivity contribution in [1.82, 2.24) is 0 Å². The molecule has 0 aliphatic carbocycles. The van der Waals surface area contributed by atoms with Crippen LogP contribution in [0.25, 0.3) is 0 Å². The number of esters is 1. The summed E-state index contributed by atoms with van der Waals surface area (Å²) in [5.41, 5.74) is 2.64. The number of rotatable bonds is 20. The highest BCUT2D eigenvalue weighted by molar-refractivity contribution is 5.72. The third-order valence-electron chi connectivity index (χ3n) is 6.96. The minimum atomic E-state index is -0.163. The van der Waals surface area contributed by atoms with E-state index >= 15 is 0 Å². The topological polar surface area (TPSA) is 35.5 Å². The predicted octanol–water partition coefficient (Wildman–Crippen LogP) is 7.98. The summed E-state index contributed by atoms with van der Waals surface area (Å²) in [5, 5.41) is 0. The van der Waals surface area contributed by atoms with Crippen LogP contribution in [0.3, 0.4) is 0 Å². The zero-order chi connectivity index (χ0) is 26.8. The van der Waals surface area contributed by atoms with Crippen LogP contribution in [0.4, 0.5) is 0 Å². The molecule has 0 aromatic heterocycles. The van der Waals surface area contributed by atoms with E-state index in [1.807, 2.05) is 25.1 Å². The maximum Gasteiger partial charge on any atom is 0.314 e. The van der Waals surface area contributed by atoms with Gasteiger partial charge in [0, 0.05) is 5.56 Å². The fourth-order valence-corrected chi connectivity index (χ4v) is 4.97. The standard InChI is InChI=1S/C33H52NO3/c1-5-6-7-8-9-10-11-12-13-15-18-30-21-23-32(24-22-30)36-25-26-37-33(35)29(2)27-34(3,4)28-31-19-16-14-17-20-31/h14,16-17,19-24,29H,5-13,15,18,25-28H2,1-4H3/q+1. The van der Waals surface area contributed by atoms with Crippen LogP contribution < -0.4 is 4.74 Å². The molecule has 0 heterocycles. The Morgan fingerprint density at radius 3 is 1.97 bits per heavy atom. The molecule has 2 aromatic rings. The lowest BCUT2D eigenvalue weighted by Gasteiger charge is -2.31. The molecular formula is C33H52NO3+. The molecular weight excluding hydrogens is 458 g/mol. The molecule has 37 heavy (non-hydrogen) atoms. The second-order valence-electron chi connectivity index (χ2n) is 11.3. The summed E-state index contributed by atoms with van der Waals surface area (Å²) in [6, 6.07) is 18.8. The van der Waals surface area contributed by atoms with Gasteiger partial charge in [0.1, 0.15) is 31.4 Å². The number of ether oxygens (including phenoxy) is 2. The highest BCUT2D eigenvalue weighted by atomic mass is 16.6. The van der Waals surface area contributed by atoms with Crippen LogP contribution >= 0.6 is 0 Å². The van der Waals surface area contributed by atoms with E-state index in [0.717, 1.165) is 29.7 Å². The van der Waals surface area contributed by atoms with Gasteiger partial charge in [-0.3, -0.25) is 4.79 Å². The summed E-state index contributed by atoms with van der Waals surface area (Å²) in [4.78, 5) is 12.5. The summed E-state index contributed by atoms with van der Waals surface area (Å²) in [6.45, 7) is 6.48. The average molecular weight is 511 g/mol. The number of hydrogen-bond donors (Lipinski definition) is 0. The monoisotopic (exact) mass is 510 g/mol. The molecule has 1 unspecified atom stereocenters. The maximum absolute atomic E-state index is 12.5. The van der Waals surface area contributed by atoms with E-state index < -0.39 is 0 Å². The van der Waals surface area contributed by atoms with Gasteiger partial charge in [0.05, 0.1) is 20.6 Å². The van der Waals surface area contributed by atoms with Crippen molar-refractivity contribution in [2.24, 2.45) is 5.92 Å². The number of aryl methyl sites for hydroxylation is 1. The fraction of sp³-hybridized carbons (Fsp3) is 0.606. The minimum absolute atomic E-state index is 0.158. The molecule has 0 spiro atoms. The molecule has 0 N–H and O–H groups in total. The summed E-state index contributed by atoms with van der Waals surface area (Å²) in [6.07, 6.45) is 14.8. The SMILES string of the molecule is CCCCCCCCCCCCc1ccc(OCCOC(=O)C(C)C[N+](C)(C)Cc2ccccc2)cc1. The second-order valence-corrected chi connectivity index (χ2v) is 11.3. The fourth-order valence-electron chi connectivity index (χ4n) is 4.97.